The second-order valence-corrected chi connectivity index (χ2v) is 7.82. The molecule has 1 fully saturated rings. The molecular weight excluding hydrogens is 399 g/mol. The molecule has 0 amide bonds. The van der Waals surface area contributed by atoms with Gasteiger partial charge in [-0.3, -0.25) is 10.4 Å². The average Bonchev–Trinajstić information content (AvgIpc) is 3.28. The first-order chi connectivity index (χ1) is 15.0. The molecule has 2 aliphatic rings. The molecule has 2 aromatic carbocycles. The number of anilines is 1. The minimum Gasteiger partial charge on any atom is -0.388 e. The standard InChI is InChI=1S/C23H23FN4O3/c1-14-20(29)21(30)23(31-14)28-12-18(15-5-3-2-4-6-15)19-11-27(13-25-22(19)28)26-17-9-7-16(24)8-10-17/h2-10,12-14,20-21,23,26,29-30H,11H2,1H3/t14-,20-,21-,23-/m1/s1. The minimum atomic E-state index is -1.05. The fourth-order valence-corrected chi connectivity index (χ4v) is 4.07. The molecule has 160 valence electrons. The summed E-state index contributed by atoms with van der Waals surface area (Å²) < 4.78 is 20.9. The Balaban J connectivity index is 1.52. The third-order valence-corrected chi connectivity index (χ3v) is 5.71. The van der Waals surface area contributed by atoms with Crippen molar-refractivity contribution in [2.75, 3.05) is 5.43 Å². The quantitative estimate of drug-likeness (QED) is 0.600. The first-order valence-electron chi connectivity index (χ1n) is 10.1. The first-order valence-corrected chi connectivity index (χ1v) is 10.1. The smallest absolute Gasteiger partial charge is 0.164 e. The highest BCUT2D eigenvalue weighted by atomic mass is 19.1. The number of rotatable bonds is 4. The molecule has 8 heteroatoms. The van der Waals surface area contributed by atoms with Crippen LogP contribution in [0, 0.1) is 5.82 Å². The van der Waals surface area contributed by atoms with Crippen molar-refractivity contribution >= 4 is 17.8 Å². The summed E-state index contributed by atoms with van der Waals surface area (Å²) in [6.45, 7) is 2.23. The van der Waals surface area contributed by atoms with Gasteiger partial charge in [0.05, 0.1) is 18.3 Å². The first kappa shape index (κ1) is 19.7. The van der Waals surface area contributed by atoms with Crippen molar-refractivity contribution in [3.8, 4) is 11.1 Å². The summed E-state index contributed by atoms with van der Waals surface area (Å²) in [5.74, 6) is 0.372. The zero-order chi connectivity index (χ0) is 21.5. The highest BCUT2D eigenvalue weighted by Gasteiger charge is 2.42. The van der Waals surface area contributed by atoms with Crippen LogP contribution in [0.15, 0.2) is 65.8 Å². The predicted molar refractivity (Wildman–Crippen MR) is 115 cm³/mol. The van der Waals surface area contributed by atoms with Gasteiger partial charge in [-0.15, -0.1) is 0 Å². The number of nitrogens with one attached hydrogen (secondary N) is 1. The number of aliphatic hydroxyl groups is 2. The molecular formula is C23H23FN4O3. The third kappa shape index (κ3) is 3.59. The zero-order valence-corrected chi connectivity index (χ0v) is 16.9. The number of halogens is 1. The second-order valence-electron chi connectivity index (χ2n) is 7.82. The van der Waals surface area contributed by atoms with E-state index in [-0.39, 0.29) is 5.82 Å². The van der Waals surface area contributed by atoms with E-state index in [2.05, 4.69) is 10.4 Å². The Labute approximate surface area is 179 Å². The van der Waals surface area contributed by atoms with Crippen molar-refractivity contribution in [3.63, 3.8) is 0 Å². The molecule has 0 radical (unpaired) electrons. The molecule has 3 N–H and O–H groups in total. The number of ether oxygens (including phenoxy) is 1. The Morgan fingerprint density at radius 3 is 2.48 bits per heavy atom. The van der Waals surface area contributed by atoms with E-state index in [9.17, 15) is 14.6 Å². The molecule has 0 saturated carbocycles. The van der Waals surface area contributed by atoms with Crippen LogP contribution >= 0.6 is 0 Å². The summed E-state index contributed by atoms with van der Waals surface area (Å²) in [5, 5.41) is 22.5. The molecule has 1 aromatic heterocycles. The minimum absolute atomic E-state index is 0.296. The van der Waals surface area contributed by atoms with Gasteiger partial charge in [0.2, 0.25) is 0 Å². The number of aliphatic imine (C=N–C) groups is 1. The molecule has 0 bridgehead atoms. The van der Waals surface area contributed by atoms with Crippen LogP contribution < -0.4 is 5.43 Å². The van der Waals surface area contributed by atoms with E-state index in [1.54, 1.807) is 30.0 Å². The number of aliphatic hydroxyl groups excluding tert-OH is 2. The molecule has 31 heavy (non-hydrogen) atoms. The van der Waals surface area contributed by atoms with Gasteiger partial charge in [0.15, 0.2) is 6.23 Å². The van der Waals surface area contributed by atoms with E-state index >= 15 is 0 Å². The van der Waals surface area contributed by atoms with Crippen molar-refractivity contribution in [2.45, 2.75) is 38.0 Å². The molecule has 1 saturated heterocycles. The Bertz CT molecular complexity index is 1100. The molecule has 0 aliphatic carbocycles. The van der Waals surface area contributed by atoms with Gasteiger partial charge >= 0.3 is 0 Å². The monoisotopic (exact) mass is 422 g/mol. The van der Waals surface area contributed by atoms with E-state index in [1.807, 2.05) is 41.5 Å². The largest absolute Gasteiger partial charge is 0.388 e. The lowest BCUT2D eigenvalue weighted by atomic mass is 10.0. The van der Waals surface area contributed by atoms with E-state index in [0.29, 0.717) is 12.4 Å². The molecule has 3 heterocycles. The second kappa shape index (κ2) is 7.81. The highest BCUT2D eigenvalue weighted by Crippen LogP contribution is 2.41. The summed E-state index contributed by atoms with van der Waals surface area (Å²) in [5.41, 5.74) is 6.88. The van der Waals surface area contributed by atoms with Gasteiger partial charge in [-0.1, -0.05) is 30.3 Å². The van der Waals surface area contributed by atoms with Gasteiger partial charge in [-0.05, 0) is 36.8 Å². The molecule has 5 rings (SSSR count). The van der Waals surface area contributed by atoms with Crippen molar-refractivity contribution in [3.05, 3.63) is 72.2 Å². The van der Waals surface area contributed by atoms with Crippen LogP contribution in [0.25, 0.3) is 11.1 Å². The van der Waals surface area contributed by atoms with Gasteiger partial charge in [-0.25, -0.2) is 9.38 Å². The molecule has 7 nitrogen and oxygen atoms in total. The third-order valence-electron chi connectivity index (χ3n) is 5.71. The van der Waals surface area contributed by atoms with Crippen molar-refractivity contribution in [1.82, 2.24) is 9.58 Å². The molecule has 2 aliphatic heterocycles. The lowest BCUT2D eigenvalue weighted by molar-refractivity contribution is -0.0308. The van der Waals surface area contributed by atoms with Crippen LogP contribution in [0.4, 0.5) is 15.9 Å². The van der Waals surface area contributed by atoms with Crippen molar-refractivity contribution < 1.29 is 19.3 Å². The van der Waals surface area contributed by atoms with Crippen molar-refractivity contribution in [1.29, 1.82) is 0 Å². The van der Waals surface area contributed by atoms with Crippen LogP contribution in [-0.2, 0) is 11.3 Å². The normalized spacial score (nSPS) is 25.0. The maximum absolute atomic E-state index is 13.2. The van der Waals surface area contributed by atoms with Crippen LogP contribution in [0.2, 0.25) is 0 Å². The van der Waals surface area contributed by atoms with Crippen LogP contribution in [0.5, 0.6) is 0 Å². The highest BCUT2D eigenvalue weighted by molar-refractivity contribution is 5.77. The van der Waals surface area contributed by atoms with Crippen molar-refractivity contribution in [2.24, 2.45) is 4.99 Å². The Kier molecular flexibility index (Phi) is 4.97. The molecule has 4 atom stereocenters. The van der Waals surface area contributed by atoms with Gasteiger partial charge in [0.25, 0.3) is 0 Å². The topological polar surface area (TPSA) is 82.2 Å². The summed E-state index contributed by atoms with van der Waals surface area (Å²) in [4.78, 5) is 4.62. The van der Waals surface area contributed by atoms with Gasteiger partial charge in [0, 0.05) is 17.3 Å². The van der Waals surface area contributed by atoms with E-state index in [1.165, 1.54) is 12.1 Å². The zero-order valence-electron chi connectivity index (χ0n) is 16.9. The number of aromatic nitrogens is 1. The number of hydrogen-bond donors (Lipinski definition) is 3. The maximum Gasteiger partial charge on any atom is 0.164 e. The average molecular weight is 422 g/mol. The fraction of sp³-hybridized carbons (Fsp3) is 0.261. The van der Waals surface area contributed by atoms with Crippen LogP contribution in [0.3, 0.4) is 0 Å². The van der Waals surface area contributed by atoms with E-state index in [0.717, 1.165) is 22.4 Å². The fourth-order valence-electron chi connectivity index (χ4n) is 4.07. The Morgan fingerprint density at radius 1 is 1.06 bits per heavy atom. The summed E-state index contributed by atoms with van der Waals surface area (Å²) in [6, 6.07) is 16.0. The number of fused-ring (bicyclic) bond motifs is 1. The Morgan fingerprint density at radius 2 is 1.81 bits per heavy atom. The molecule has 0 unspecified atom stereocenters. The van der Waals surface area contributed by atoms with E-state index < -0.39 is 24.5 Å². The Hall–Kier alpha value is -3.20. The number of benzene rings is 2. The lowest BCUT2D eigenvalue weighted by Gasteiger charge is -2.26. The lowest BCUT2D eigenvalue weighted by Crippen LogP contribution is -2.31. The van der Waals surface area contributed by atoms with Gasteiger partial charge in [-0.2, -0.15) is 0 Å². The predicted octanol–water partition coefficient (Wildman–Crippen LogP) is 3.44. The SMILES string of the molecule is C[C@H]1O[C@@H](n2cc(-c3ccccc3)c3c2N=CN(Nc2ccc(F)cc2)C3)[C@H](O)[C@@H]1O. The summed E-state index contributed by atoms with van der Waals surface area (Å²) >= 11 is 0. The maximum atomic E-state index is 13.2. The van der Waals surface area contributed by atoms with Gasteiger partial charge < -0.3 is 19.5 Å². The number of nitrogens with zero attached hydrogens (tertiary/aromatic N) is 3. The number of hydrazine groups is 1. The summed E-state index contributed by atoms with van der Waals surface area (Å²) in [7, 11) is 0. The number of hydrogen-bond acceptors (Lipinski definition) is 6. The summed E-state index contributed by atoms with van der Waals surface area (Å²) in [6.07, 6.45) is 0.329. The van der Waals surface area contributed by atoms with E-state index in [4.69, 9.17) is 4.74 Å². The molecule has 0 spiro atoms. The van der Waals surface area contributed by atoms with Gasteiger partial charge in [0.1, 0.15) is 30.2 Å². The van der Waals surface area contributed by atoms with Crippen LogP contribution in [-0.4, -0.2) is 44.4 Å². The molecule has 3 aromatic rings. The van der Waals surface area contributed by atoms with Crippen LogP contribution in [0.1, 0.15) is 18.7 Å².